The van der Waals surface area contributed by atoms with Crippen molar-refractivity contribution in [2.75, 3.05) is 25.0 Å². The lowest BCUT2D eigenvalue weighted by Gasteiger charge is -2.13. The zero-order valence-corrected chi connectivity index (χ0v) is 6.77. The summed E-state index contributed by atoms with van der Waals surface area (Å²) in [6.45, 7) is 1.58. The van der Waals surface area contributed by atoms with Crippen LogP contribution in [0.2, 0.25) is 0 Å². The van der Waals surface area contributed by atoms with E-state index in [2.05, 4.69) is 9.88 Å². The van der Waals surface area contributed by atoms with E-state index in [0.29, 0.717) is 6.54 Å². The summed E-state index contributed by atoms with van der Waals surface area (Å²) in [5.74, 6) is 0. The van der Waals surface area contributed by atoms with Crippen LogP contribution in [0.1, 0.15) is 0 Å². The zero-order chi connectivity index (χ0) is 7.40. The third-order valence-electron chi connectivity index (χ3n) is 1.26. The summed E-state index contributed by atoms with van der Waals surface area (Å²) in [7, 11) is 2.01. The van der Waals surface area contributed by atoms with Crippen LogP contribution in [0, 0.1) is 0 Å². The number of aromatic nitrogens is 1. The minimum Gasteiger partial charge on any atom is -0.364 e. The standard InChI is InChI=1S/C6H11N3S/c1-9(3-2-7)6-4-8-5-10-6/h4-5H,2-3,7H2,1H3. The molecule has 0 spiro atoms. The fourth-order valence-electron chi connectivity index (χ4n) is 0.701. The van der Waals surface area contributed by atoms with Crippen LogP contribution in [-0.4, -0.2) is 25.1 Å². The first-order chi connectivity index (χ1) is 4.84. The maximum Gasteiger partial charge on any atom is 0.111 e. The van der Waals surface area contributed by atoms with E-state index in [-0.39, 0.29) is 0 Å². The van der Waals surface area contributed by atoms with Gasteiger partial charge in [-0.25, -0.2) is 0 Å². The molecule has 1 aromatic rings. The van der Waals surface area contributed by atoms with Crippen molar-refractivity contribution in [3.8, 4) is 0 Å². The number of thiazole rings is 1. The van der Waals surface area contributed by atoms with Crippen molar-refractivity contribution in [3.05, 3.63) is 11.7 Å². The van der Waals surface area contributed by atoms with Gasteiger partial charge in [-0.3, -0.25) is 4.98 Å². The molecule has 0 saturated heterocycles. The van der Waals surface area contributed by atoms with E-state index in [0.717, 1.165) is 6.54 Å². The van der Waals surface area contributed by atoms with Gasteiger partial charge in [0.25, 0.3) is 0 Å². The van der Waals surface area contributed by atoms with Crippen molar-refractivity contribution < 1.29 is 0 Å². The summed E-state index contributed by atoms with van der Waals surface area (Å²) in [5, 5.41) is 1.17. The van der Waals surface area contributed by atoms with Gasteiger partial charge in [0.15, 0.2) is 0 Å². The minimum atomic E-state index is 0.689. The predicted octanol–water partition coefficient (Wildman–Crippen LogP) is 0.538. The van der Waals surface area contributed by atoms with Gasteiger partial charge < -0.3 is 10.6 Å². The smallest absolute Gasteiger partial charge is 0.111 e. The van der Waals surface area contributed by atoms with Crippen LogP contribution in [-0.2, 0) is 0 Å². The summed E-state index contributed by atoms with van der Waals surface area (Å²) in [5.41, 5.74) is 7.20. The third-order valence-corrected chi connectivity index (χ3v) is 2.15. The van der Waals surface area contributed by atoms with E-state index in [1.807, 2.05) is 18.8 Å². The normalized spacial score (nSPS) is 9.80. The van der Waals surface area contributed by atoms with Gasteiger partial charge in [0.1, 0.15) is 5.00 Å². The van der Waals surface area contributed by atoms with E-state index < -0.39 is 0 Å². The number of likely N-dealkylation sites (N-methyl/N-ethyl adjacent to an activating group) is 1. The number of rotatable bonds is 3. The molecule has 0 aromatic carbocycles. The lowest BCUT2D eigenvalue weighted by atomic mass is 10.6. The number of hydrogen-bond donors (Lipinski definition) is 1. The van der Waals surface area contributed by atoms with Gasteiger partial charge in [0.2, 0.25) is 0 Å². The molecule has 56 valence electrons. The lowest BCUT2D eigenvalue weighted by Crippen LogP contribution is -2.23. The largest absolute Gasteiger partial charge is 0.364 e. The van der Waals surface area contributed by atoms with E-state index in [9.17, 15) is 0 Å². The Hall–Kier alpha value is -0.610. The predicted molar refractivity (Wildman–Crippen MR) is 44.4 cm³/mol. The van der Waals surface area contributed by atoms with Crippen LogP contribution in [0.15, 0.2) is 11.7 Å². The van der Waals surface area contributed by atoms with Gasteiger partial charge in [0, 0.05) is 20.1 Å². The SMILES string of the molecule is CN(CCN)c1cncs1. The summed E-state index contributed by atoms with van der Waals surface area (Å²) in [4.78, 5) is 6.06. The fourth-order valence-corrected chi connectivity index (χ4v) is 1.32. The second kappa shape index (κ2) is 3.53. The zero-order valence-electron chi connectivity index (χ0n) is 5.95. The quantitative estimate of drug-likeness (QED) is 0.696. The Morgan fingerprint density at radius 3 is 3.10 bits per heavy atom. The molecule has 0 bridgehead atoms. The molecule has 0 aliphatic heterocycles. The van der Waals surface area contributed by atoms with Crippen molar-refractivity contribution in [3.63, 3.8) is 0 Å². The molecule has 0 fully saturated rings. The molecule has 0 aliphatic rings. The maximum absolute atomic E-state index is 5.38. The van der Waals surface area contributed by atoms with E-state index in [1.54, 1.807) is 11.3 Å². The second-order valence-corrected chi connectivity index (χ2v) is 2.91. The molecule has 4 heteroatoms. The Balaban J connectivity index is 2.50. The fraction of sp³-hybridized carbons (Fsp3) is 0.500. The topological polar surface area (TPSA) is 42.1 Å². The molecule has 1 aromatic heterocycles. The first-order valence-corrected chi connectivity index (χ1v) is 4.02. The maximum atomic E-state index is 5.38. The molecule has 1 heterocycles. The van der Waals surface area contributed by atoms with Crippen molar-refractivity contribution in [2.24, 2.45) is 5.73 Å². The molecular formula is C6H11N3S. The molecule has 0 amide bonds. The molecule has 0 saturated carbocycles. The highest BCUT2D eigenvalue weighted by atomic mass is 32.1. The van der Waals surface area contributed by atoms with Crippen LogP contribution < -0.4 is 10.6 Å². The Bertz CT molecular complexity index is 173. The average Bonchev–Trinajstić information content (AvgIpc) is 2.38. The van der Waals surface area contributed by atoms with Crippen LogP contribution in [0.25, 0.3) is 0 Å². The summed E-state index contributed by atoms with van der Waals surface area (Å²) in [6.07, 6.45) is 1.85. The van der Waals surface area contributed by atoms with Gasteiger partial charge >= 0.3 is 0 Å². The lowest BCUT2D eigenvalue weighted by molar-refractivity contribution is 0.892. The van der Waals surface area contributed by atoms with Crippen molar-refractivity contribution in [1.82, 2.24) is 4.98 Å². The van der Waals surface area contributed by atoms with Crippen LogP contribution in [0.3, 0.4) is 0 Å². The molecule has 0 aliphatic carbocycles. The highest BCUT2D eigenvalue weighted by Crippen LogP contribution is 2.16. The van der Waals surface area contributed by atoms with Crippen molar-refractivity contribution in [1.29, 1.82) is 0 Å². The van der Waals surface area contributed by atoms with Crippen LogP contribution in [0.4, 0.5) is 5.00 Å². The van der Waals surface area contributed by atoms with Gasteiger partial charge in [-0.2, -0.15) is 0 Å². The monoisotopic (exact) mass is 157 g/mol. The van der Waals surface area contributed by atoms with Gasteiger partial charge in [0.05, 0.1) is 11.7 Å². The first kappa shape index (κ1) is 7.50. The van der Waals surface area contributed by atoms with E-state index >= 15 is 0 Å². The van der Waals surface area contributed by atoms with E-state index in [4.69, 9.17) is 5.73 Å². The number of nitrogens with two attached hydrogens (primary N) is 1. The van der Waals surface area contributed by atoms with Crippen LogP contribution >= 0.6 is 11.3 Å². The van der Waals surface area contributed by atoms with E-state index in [1.165, 1.54) is 5.00 Å². The van der Waals surface area contributed by atoms with Crippen molar-refractivity contribution >= 4 is 16.3 Å². The second-order valence-electron chi connectivity index (χ2n) is 2.05. The number of hydrogen-bond acceptors (Lipinski definition) is 4. The molecular weight excluding hydrogens is 146 g/mol. The average molecular weight is 157 g/mol. The Labute approximate surface area is 64.5 Å². The summed E-state index contributed by atoms with van der Waals surface area (Å²) < 4.78 is 0. The van der Waals surface area contributed by atoms with Crippen LogP contribution in [0.5, 0.6) is 0 Å². The Morgan fingerprint density at radius 1 is 1.80 bits per heavy atom. The number of nitrogens with zero attached hydrogens (tertiary/aromatic N) is 2. The molecule has 10 heavy (non-hydrogen) atoms. The number of anilines is 1. The molecule has 2 N–H and O–H groups in total. The first-order valence-electron chi connectivity index (χ1n) is 3.14. The van der Waals surface area contributed by atoms with Gasteiger partial charge in [-0.1, -0.05) is 0 Å². The molecule has 0 atom stereocenters. The molecule has 0 radical (unpaired) electrons. The highest BCUT2D eigenvalue weighted by Gasteiger charge is 1.98. The summed E-state index contributed by atoms with van der Waals surface area (Å²) in [6, 6.07) is 0. The molecule has 1 rings (SSSR count). The van der Waals surface area contributed by atoms with Gasteiger partial charge in [-0.05, 0) is 0 Å². The summed E-state index contributed by atoms with van der Waals surface area (Å²) >= 11 is 1.63. The Kier molecular flexibility index (Phi) is 2.65. The van der Waals surface area contributed by atoms with Crippen molar-refractivity contribution in [2.45, 2.75) is 0 Å². The highest BCUT2D eigenvalue weighted by molar-refractivity contribution is 7.13. The third kappa shape index (κ3) is 1.68. The molecule has 0 unspecified atom stereocenters. The Morgan fingerprint density at radius 2 is 2.60 bits per heavy atom. The minimum absolute atomic E-state index is 0.689. The molecule has 3 nitrogen and oxygen atoms in total. The van der Waals surface area contributed by atoms with Gasteiger partial charge in [-0.15, -0.1) is 11.3 Å².